The normalized spacial score (nSPS) is 11.3. The average Bonchev–Trinajstić information content (AvgIpc) is 2.19. The maximum atomic E-state index is 12.5. The summed E-state index contributed by atoms with van der Waals surface area (Å²) in [5.74, 6) is -0.111. The second kappa shape index (κ2) is 4.83. The van der Waals surface area contributed by atoms with Crippen LogP contribution in [-0.2, 0) is 11.5 Å². The largest absolute Gasteiger partial charge is 0.326 e. The number of alkyl halides is 1. The fourth-order valence-corrected chi connectivity index (χ4v) is 1.24. The zero-order chi connectivity index (χ0) is 12.3. The molecule has 0 aliphatic rings. The lowest BCUT2D eigenvalue weighted by atomic mass is 9.95. The van der Waals surface area contributed by atoms with Gasteiger partial charge in [0.2, 0.25) is 5.91 Å². The van der Waals surface area contributed by atoms with Gasteiger partial charge in [0.1, 0.15) is 6.67 Å². The fourth-order valence-electron chi connectivity index (χ4n) is 1.07. The zero-order valence-corrected chi connectivity index (χ0v) is 10.4. The number of anilines is 1. The van der Waals surface area contributed by atoms with Gasteiger partial charge in [0.05, 0.1) is 0 Å². The van der Waals surface area contributed by atoms with Crippen LogP contribution in [-0.4, -0.2) is 5.91 Å². The maximum absolute atomic E-state index is 12.5. The van der Waals surface area contributed by atoms with Crippen molar-refractivity contribution in [2.24, 2.45) is 5.41 Å². The van der Waals surface area contributed by atoms with Gasteiger partial charge in [0, 0.05) is 21.7 Å². The summed E-state index contributed by atoms with van der Waals surface area (Å²) >= 11 is 5.77. The van der Waals surface area contributed by atoms with E-state index in [1.165, 1.54) is 0 Å². The predicted octanol–water partition coefficient (Wildman–Crippen LogP) is 3.79. The smallest absolute Gasteiger partial charge is 0.229 e. The minimum absolute atomic E-state index is 0.111. The number of rotatable bonds is 2. The van der Waals surface area contributed by atoms with Gasteiger partial charge < -0.3 is 5.32 Å². The van der Waals surface area contributed by atoms with Crippen molar-refractivity contribution in [2.45, 2.75) is 27.4 Å². The third-order valence-corrected chi connectivity index (χ3v) is 2.50. The van der Waals surface area contributed by atoms with E-state index in [0.717, 1.165) is 0 Å². The highest BCUT2D eigenvalue weighted by Gasteiger charge is 2.21. The summed E-state index contributed by atoms with van der Waals surface area (Å²) in [4.78, 5) is 11.7. The first-order valence-corrected chi connectivity index (χ1v) is 5.38. The second-order valence-electron chi connectivity index (χ2n) is 4.64. The van der Waals surface area contributed by atoms with Crippen LogP contribution in [0.1, 0.15) is 26.3 Å². The van der Waals surface area contributed by atoms with Gasteiger partial charge in [-0.15, -0.1) is 0 Å². The van der Waals surface area contributed by atoms with Crippen LogP contribution in [0.15, 0.2) is 18.2 Å². The van der Waals surface area contributed by atoms with E-state index in [0.29, 0.717) is 16.3 Å². The van der Waals surface area contributed by atoms with Gasteiger partial charge in [-0.25, -0.2) is 4.39 Å². The van der Waals surface area contributed by atoms with Gasteiger partial charge in [-0.1, -0.05) is 32.4 Å². The first kappa shape index (κ1) is 13.0. The Morgan fingerprint density at radius 3 is 2.56 bits per heavy atom. The highest BCUT2D eigenvalue weighted by molar-refractivity contribution is 6.31. The van der Waals surface area contributed by atoms with E-state index in [9.17, 15) is 9.18 Å². The molecule has 4 heteroatoms. The van der Waals surface area contributed by atoms with Gasteiger partial charge in [-0.3, -0.25) is 4.79 Å². The second-order valence-corrected chi connectivity index (χ2v) is 5.05. The van der Waals surface area contributed by atoms with Crippen LogP contribution in [0, 0.1) is 5.41 Å². The Bertz CT molecular complexity index is 398. The van der Waals surface area contributed by atoms with Crippen molar-refractivity contribution >= 4 is 23.2 Å². The SMILES string of the molecule is CC(C)(C)C(=O)Nc1ccc(Cl)c(CF)c1. The van der Waals surface area contributed by atoms with Crippen LogP contribution >= 0.6 is 11.6 Å². The average molecular weight is 244 g/mol. The van der Waals surface area contributed by atoms with Crippen LogP contribution in [0.5, 0.6) is 0 Å². The van der Waals surface area contributed by atoms with Crippen LogP contribution in [0.3, 0.4) is 0 Å². The fraction of sp³-hybridized carbons (Fsp3) is 0.417. The molecule has 0 bridgehead atoms. The van der Waals surface area contributed by atoms with E-state index < -0.39 is 12.1 Å². The summed E-state index contributed by atoms with van der Waals surface area (Å²) in [6.45, 7) is 4.80. The Labute approximate surface area is 99.8 Å². The van der Waals surface area contributed by atoms with Crippen LogP contribution in [0.2, 0.25) is 5.02 Å². The molecule has 16 heavy (non-hydrogen) atoms. The third-order valence-electron chi connectivity index (χ3n) is 2.13. The molecule has 0 heterocycles. The molecule has 0 spiro atoms. The lowest BCUT2D eigenvalue weighted by molar-refractivity contribution is -0.123. The highest BCUT2D eigenvalue weighted by Crippen LogP contribution is 2.23. The minimum atomic E-state index is -0.641. The van der Waals surface area contributed by atoms with Crippen molar-refractivity contribution in [3.63, 3.8) is 0 Å². The summed E-state index contributed by atoms with van der Waals surface area (Å²) in [5.41, 5.74) is 0.473. The lowest BCUT2D eigenvalue weighted by Gasteiger charge is -2.18. The lowest BCUT2D eigenvalue weighted by Crippen LogP contribution is -2.27. The maximum Gasteiger partial charge on any atom is 0.229 e. The number of benzene rings is 1. The molecule has 1 rings (SSSR count). The van der Waals surface area contributed by atoms with Crippen molar-refractivity contribution in [1.29, 1.82) is 0 Å². The van der Waals surface area contributed by atoms with Gasteiger partial charge >= 0.3 is 0 Å². The monoisotopic (exact) mass is 243 g/mol. The molecule has 1 N–H and O–H groups in total. The number of hydrogen-bond acceptors (Lipinski definition) is 1. The van der Waals surface area contributed by atoms with Gasteiger partial charge in [0.15, 0.2) is 0 Å². The van der Waals surface area contributed by atoms with Crippen molar-refractivity contribution in [3.8, 4) is 0 Å². The molecule has 0 aliphatic heterocycles. The van der Waals surface area contributed by atoms with Crippen molar-refractivity contribution < 1.29 is 9.18 Å². The first-order valence-electron chi connectivity index (χ1n) is 5.00. The topological polar surface area (TPSA) is 29.1 Å². The minimum Gasteiger partial charge on any atom is -0.326 e. The van der Waals surface area contributed by atoms with Gasteiger partial charge in [-0.05, 0) is 18.2 Å². The summed E-state index contributed by atoms with van der Waals surface area (Å²) in [6, 6.07) is 4.78. The van der Waals surface area contributed by atoms with Gasteiger partial charge in [0.25, 0.3) is 0 Å². The molecule has 1 aromatic rings. The number of hydrogen-bond donors (Lipinski definition) is 1. The first-order chi connectivity index (χ1) is 7.34. The molecular formula is C12H15ClFNO. The Morgan fingerprint density at radius 1 is 1.44 bits per heavy atom. The molecule has 0 aromatic heterocycles. The molecule has 0 atom stereocenters. The van der Waals surface area contributed by atoms with Gasteiger partial charge in [-0.2, -0.15) is 0 Å². The Balaban J connectivity index is 2.87. The van der Waals surface area contributed by atoms with Crippen LogP contribution in [0.4, 0.5) is 10.1 Å². The summed E-state index contributed by atoms with van der Waals surface area (Å²) in [5, 5.41) is 3.09. The number of halogens is 2. The van der Waals surface area contributed by atoms with Crippen molar-refractivity contribution in [3.05, 3.63) is 28.8 Å². The van der Waals surface area contributed by atoms with Crippen LogP contribution < -0.4 is 5.32 Å². The number of carbonyl (C=O) groups excluding carboxylic acids is 1. The standard InChI is InChI=1S/C12H15ClFNO/c1-12(2,3)11(16)15-9-4-5-10(13)8(6-9)7-14/h4-6H,7H2,1-3H3,(H,15,16). The Kier molecular flexibility index (Phi) is 3.92. The summed E-state index contributed by atoms with van der Waals surface area (Å²) in [7, 11) is 0. The van der Waals surface area contributed by atoms with E-state index in [-0.39, 0.29) is 5.91 Å². The third kappa shape index (κ3) is 3.20. The van der Waals surface area contributed by atoms with E-state index >= 15 is 0 Å². The predicted molar refractivity (Wildman–Crippen MR) is 64.3 cm³/mol. The van der Waals surface area contributed by atoms with E-state index in [2.05, 4.69) is 5.32 Å². The molecule has 1 aromatic carbocycles. The number of nitrogens with one attached hydrogen (secondary N) is 1. The van der Waals surface area contributed by atoms with Crippen LogP contribution in [0.25, 0.3) is 0 Å². The molecular weight excluding hydrogens is 229 g/mol. The van der Waals surface area contributed by atoms with E-state index in [4.69, 9.17) is 11.6 Å². The number of amides is 1. The molecule has 0 fully saturated rings. The molecule has 0 aliphatic carbocycles. The molecule has 0 radical (unpaired) electrons. The van der Waals surface area contributed by atoms with Crippen molar-refractivity contribution in [2.75, 3.05) is 5.32 Å². The highest BCUT2D eigenvalue weighted by atomic mass is 35.5. The van der Waals surface area contributed by atoms with E-state index in [1.54, 1.807) is 18.2 Å². The molecule has 2 nitrogen and oxygen atoms in total. The summed E-state index contributed by atoms with van der Waals surface area (Å²) in [6.07, 6.45) is 0. The number of carbonyl (C=O) groups is 1. The molecule has 88 valence electrons. The zero-order valence-electron chi connectivity index (χ0n) is 9.60. The molecule has 1 amide bonds. The quantitative estimate of drug-likeness (QED) is 0.841. The van der Waals surface area contributed by atoms with E-state index in [1.807, 2.05) is 20.8 Å². The Morgan fingerprint density at radius 2 is 2.06 bits per heavy atom. The molecule has 0 saturated heterocycles. The molecule has 0 saturated carbocycles. The Hall–Kier alpha value is -1.09. The summed E-state index contributed by atoms with van der Waals surface area (Å²) < 4.78 is 12.5. The molecule has 0 unspecified atom stereocenters. The van der Waals surface area contributed by atoms with Crippen molar-refractivity contribution in [1.82, 2.24) is 0 Å².